The Labute approximate surface area is 334 Å². The summed E-state index contributed by atoms with van der Waals surface area (Å²) in [6.45, 7) is 3.50. The van der Waals surface area contributed by atoms with Gasteiger partial charge in [0.2, 0.25) is 0 Å². The molecular weight excluding hydrogens is 721 g/mol. The number of allylic oxidation sites excluding steroid dienone is 7. The number of hydrogen-bond acceptors (Lipinski definition) is 10. The second-order valence-electron chi connectivity index (χ2n) is 14.1. The fraction of sp³-hybridized carbons (Fsp3) is 0.767. The van der Waals surface area contributed by atoms with Crippen LogP contribution in [0.1, 0.15) is 174 Å². The molecule has 1 unspecified atom stereocenters. The molecule has 0 rings (SSSR count). The molecule has 0 saturated carbocycles. The van der Waals surface area contributed by atoms with Crippen molar-refractivity contribution in [2.45, 2.75) is 187 Å². The van der Waals surface area contributed by atoms with Crippen molar-refractivity contribution < 1.29 is 47.7 Å². The van der Waals surface area contributed by atoms with E-state index < -0.39 is 32.5 Å². The van der Waals surface area contributed by atoms with Crippen LogP contribution in [0.15, 0.2) is 48.6 Å². The van der Waals surface area contributed by atoms with Gasteiger partial charge >= 0.3 is 19.8 Å². The Kier molecular flexibility index (Phi) is 38.6. The molecule has 0 fully saturated rings. The predicted molar refractivity (Wildman–Crippen MR) is 222 cm³/mol. The summed E-state index contributed by atoms with van der Waals surface area (Å²) in [5.41, 5.74) is 5.34. The number of phosphoric ester groups is 1. The van der Waals surface area contributed by atoms with E-state index in [2.05, 4.69) is 30.9 Å². The normalized spacial score (nSPS) is 14.3. The van der Waals surface area contributed by atoms with E-state index >= 15 is 0 Å². The third kappa shape index (κ3) is 38.5. The van der Waals surface area contributed by atoms with Crippen LogP contribution in [0.5, 0.6) is 0 Å². The molecule has 0 aromatic carbocycles. The summed E-state index contributed by atoms with van der Waals surface area (Å²) < 4.78 is 32.7. The van der Waals surface area contributed by atoms with E-state index in [-0.39, 0.29) is 38.7 Å². The summed E-state index contributed by atoms with van der Waals surface area (Å²) in [4.78, 5) is 39.3. The number of hydrogen-bond donors (Lipinski definition) is 3. The van der Waals surface area contributed by atoms with Crippen molar-refractivity contribution in [1.29, 1.82) is 0 Å². The Morgan fingerprint density at radius 3 is 1.80 bits per heavy atom. The molecule has 0 heterocycles. The summed E-state index contributed by atoms with van der Waals surface area (Å²) >= 11 is 0. The van der Waals surface area contributed by atoms with Crippen molar-refractivity contribution in [3.05, 3.63) is 48.6 Å². The van der Waals surface area contributed by atoms with Gasteiger partial charge in [0.25, 0.3) is 0 Å². The Hall–Kier alpha value is -2.11. The number of phosphoric acid groups is 1. The zero-order chi connectivity index (χ0) is 40.5. The van der Waals surface area contributed by atoms with Gasteiger partial charge in [-0.05, 0) is 38.5 Å². The Morgan fingerprint density at radius 1 is 0.655 bits per heavy atom. The minimum Gasteiger partial charge on any atom is -0.462 e. The molecule has 4 N–H and O–H groups in total. The van der Waals surface area contributed by atoms with Gasteiger partial charge in [0.05, 0.1) is 13.2 Å². The van der Waals surface area contributed by atoms with Crippen molar-refractivity contribution in [1.82, 2.24) is 0 Å². The van der Waals surface area contributed by atoms with Crippen LogP contribution in [0, 0.1) is 0 Å². The molecular formula is C43H78NO10P. The average Bonchev–Trinajstić information content (AvgIpc) is 3.17. The topological polar surface area (TPSA) is 164 Å². The van der Waals surface area contributed by atoms with Crippen LogP contribution in [0.3, 0.4) is 0 Å². The summed E-state index contributed by atoms with van der Waals surface area (Å²) in [5, 5.41) is 8.99. The summed E-state index contributed by atoms with van der Waals surface area (Å²) in [6, 6.07) is 0. The number of esters is 2. The molecule has 0 aliphatic carbocycles. The second kappa shape index (κ2) is 40.1. The van der Waals surface area contributed by atoms with Gasteiger partial charge in [-0.1, -0.05) is 172 Å². The van der Waals surface area contributed by atoms with E-state index in [4.69, 9.17) is 29.5 Å². The van der Waals surface area contributed by atoms with E-state index in [1.54, 1.807) is 0 Å². The number of nitrogens with two attached hydrogens (primary N) is 1. The molecule has 3 atom stereocenters. The zero-order valence-electron chi connectivity index (χ0n) is 34.5. The molecule has 11 nitrogen and oxygen atoms in total. The van der Waals surface area contributed by atoms with Gasteiger partial charge in [-0.25, -0.2) is 9.45 Å². The van der Waals surface area contributed by atoms with Gasteiger partial charge in [0.15, 0.2) is 6.10 Å². The van der Waals surface area contributed by atoms with Gasteiger partial charge in [-0.3, -0.25) is 23.9 Å². The number of carbonyl (C=O) groups excluding carboxylic acids is 2. The predicted octanol–water partition coefficient (Wildman–Crippen LogP) is 11.4. The largest absolute Gasteiger partial charge is 0.472 e. The van der Waals surface area contributed by atoms with Crippen LogP contribution in [-0.4, -0.2) is 60.7 Å². The lowest BCUT2D eigenvalue weighted by Gasteiger charge is -2.19. The Morgan fingerprint density at radius 2 is 1.20 bits per heavy atom. The van der Waals surface area contributed by atoms with Crippen molar-refractivity contribution >= 4 is 19.8 Å². The van der Waals surface area contributed by atoms with E-state index in [1.165, 1.54) is 77.0 Å². The molecule has 0 aromatic rings. The first-order valence-electron chi connectivity index (χ1n) is 21.4. The minimum atomic E-state index is -4.41. The molecule has 12 heteroatoms. The molecule has 320 valence electrons. The lowest BCUT2D eigenvalue weighted by atomic mass is 10.0. The van der Waals surface area contributed by atoms with E-state index in [0.29, 0.717) is 12.8 Å². The molecule has 0 aliphatic rings. The Bertz CT molecular complexity index is 1060. The van der Waals surface area contributed by atoms with Gasteiger partial charge < -0.3 is 20.1 Å². The van der Waals surface area contributed by atoms with Crippen LogP contribution in [0.25, 0.3) is 0 Å². The van der Waals surface area contributed by atoms with Crippen LogP contribution in [0.2, 0.25) is 0 Å². The third-order valence-electron chi connectivity index (χ3n) is 8.94. The standard InChI is InChI=1S/C43H78NO10P/c1-3-5-7-8-9-10-11-12-13-14-17-20-23-26-30-34-42(45)50-38-41(39-52-55(48,49)51-37-36-44)53-43(46)35-31-27-24-21-18-15-16-19-22-25-29-33-40(54-47)32-28-6-4-2/h15-16,21-22,24-25,29,33,40-41,47H,3-14,17-20,23,26-28,30-32,34-39,44H2,1-2H3,(H,48,49)/b16-15-,24-21-,25-22-,33-29+/t40-,41+/m0/s1. The molecule has 0 aromatic heterocycles. The Balaban J connectivity index is 4.34. The maximum atomic E-state index is 12.6. The van der Waals surface area contributed by atoms with Crippen molar-refractivity contribution in [2.75, 3.05) is 26.4 Å². The van der Waals surface area contributed by atoms with Crippen molar-refractivity contribution in [2.24, 2.45) is 5.73 Å². The SMILES string of the molecule is CCCCCCCCCCCCCCCCCC(=O)OC[C@H](COP(=O)(O)OCCN)OC(=O)CCC/C=C\C/C=C\C/C=C\C=C\[C@H](CCCCC)OO. The number of ether oxygens (including phenoxy) is 2. The van der Waals surface area contributed by atoms with E-state index in [1.807, 2.05) is 36.5 Å². The van der Waals surface area contributed by atoms with Gasteiger partial charge in [0.1, 0.15) is 12.7 Å². The molecule has 0 amide bonds. The van der Waals surface area contributed by atoms with Gasteiger partial charge in [-0.15, -0.1) is 0 Å². The van der Waals surface area contributed by atoms with Crippen LogP contribution in [0.4, 0.5) is 0 Å². The summed E-state index contributed by atoms with van der Waals surface area (Å²) in [7, 11) is -4.41. The highest BCUT2D eigenvalue weighted by Crippen LogP contribution is 2.43. The first kappa shape index (κ1) is 52.9. The fourth-order valence-corrected chi connectivity index (χ4v) is 6.46. The van der Waals surface area contributed by atoms with Crippen LogP contribution >= 0.6 is 7.82 Å². The van der Waals surface area contributed by atoms with Crippen LogP contribution < -0.4 is 5.73 Å². The highest BCUT2D eigenvalue weighted by molar-refractivity contribution is 7.47. The number of carbonyl (C=O) groups is 2. The lowest BCUT2D eigenvalue weighted by Crippen LogP contribution is -2.29. The molecule has 0 bridgehead atoms. The molecule has 0 spiro atoms. The number of rotatable bonds is 40. The van der Waals surface area contributed by atoms with Crippen LogP contribution in [-0.2, 0) is 37.6 Å². The van der Waals surface area contributed by atoms with Gasteiger partial charge in [0, 0.05) is 19.4 Å². The van der Waals surface area contributed by atoms with E-state index in [9.17, 15) is 19.0 Å². The smallest absolute Gasteiger partial charge is 0.462 e. The molecule has 0 radical (unpaired) electrons. The summed E-state index contributed by atoms with van der Waals surface area (Å²) in [6.07, 6.45) is 40.3. The third-order valence-corrected chi connectivity index (χ3v) is 9.92. The average molecular weight is 800 g/mol. The number of unbranched alkanes of at least 4 members (excludes halogenated alkanes) is 17. The molecule has 55 heavy (non-hydrogen) atoms. The second-order valence-corrected chi connectivity index (χ2v) is 15.6. The monoisotopic (exact) mass is 800 g/mol. The van der Waals surface area contributed by atoms with E-state index in [0.717, 1.165) is 57.8 Å². The fourth-order valence-electron chi connectivity index (χ4n) is 5.70. The minimum absolute atomic E-state index is 0.0338. The molecule has 0 aliphatic heterocycles. The highest BCUT2D eigenvalue weighted by atomic mass is 31.2. The first-order valence-corrected chi connectivity index (χ1v) is 22.9. The van der Waals surface area contributed by atoms with Crippen molar-refractivity contribution in [3.63, 3.8) is 0 Å². The maximum Gasteiger partial charge on any atom is 0.472 e. The first-order chi connectivity index (χ1) is 26.8. The zero-order valence-corrected chi connectivity index (χ0v) is 35.4. The highest BCUT2D eigenvalue weighted by Gasteiger charge is 2.26. The maximum absolute atomic E-state index is 12.6. The molecule has 0 saturated heterocycles. The van der Waals surface area contributed by atoms with Crippen molar-refractivity contribution in [3.8, 4) is 0 Å². The lowest BCUT2D eigenvalue weighted by molar-refractivity contribution is -0.267. The van der Waals surface area contributed by atoms with Gasteiger partial charge in [-0.2, -0.15) is 0 Å². The summed E-state index contributed by atoms with van der Waals surface area (Å²) in [5.74, 6) is -0.927. The quantitative estimate of drug-likeness (QED) is 0.0103.